The lowest BCUT2D eigenvalue weighted by Crippen LogP contribution is -2.30. The first-order valence-electron chi connectivity index (χ1n) is 9.41. The summed E-state index contributed by atoms with van der Waals surface area (Å²) in [6.07, 6.45) is 1.71. The monoisotopic (exact) mass is 392 g/mol. The number of ether oxygens (including phenoxy) is 1. The second kappa shape index (κ2) is 10.2. The van der Waals surface area contributed by atoms with Gasteiger partial charge >= 0.3 is 0 Å². The van der Waals surface area contributed by atoms with Gasteiger partial charge in [-0.3, -0.25) is 9.59 Å². The van der Waals surface area contributed by atoms with E-state index in [4.69, 9.17) is 9.15 Å². The molecule has 29 heavy (non-hydrogen) atoms. The van der Waals surface area contributed by atoms with Crippen LogP contribution in [0.5, 0.6) is 0 Å². The van der Waals surface area contributed by atoms with Crippen LogP contribution in [0, 0.1) is 0 Å². The highest BCUT2D eigenvalue weighted by Gasteiger charge is 2.21. The van der Waals surface area contributed by atoms with Gasteiger partial charge in [0, 0.05) is 19.3 Å². The Labute approximate surface area is 170 Å². The molecule has 1 heterocycles. The maximum Gasteiger partial charge on any atom is 0.294 e. The van der Waals surface area contributed by atoms with Gasteiger partial charge in [-0.25, -0.2) is 0 Å². The average molecular weight is 392 g/mol. The zero-order valence-electron chi connectivity index (χ0n) is 16.3. The zero-order valence-corrected chi connectivity index (χ0v) is 16.3. The van der Waals surface area contributed by atoms with E-state index in [1.165, 1.54) is 6.26 Å². The summed E-state index contributed by atoms with van der Waals surface area (Å²) >= 11 is 0. The van der Waals surface area contributed by atoms with E-state index >= 15 is 0 Å². The number of hydrogen-bond acceptors (Lipinski definition) is 4. The molecule has 2 aromatic carbocycles. The standard InChI is InChI=1S/C23H24N2O4/c1-28-14-12-24-22(26)16-19-9-5-10-20(15-19)25(17-18-7-3-2-4-8-18)23(27)21-11-6-13-29-21/h2-11,13,15H,12,14,16-17H2,1H3,(H,24,26). The number of carbonyl (C=O) groups is 2. The molecule has 0 aliphatic carbocycles. The molecule has 0 unspecified atom stereocenters. The highest BCUT2D eigenvalue weighted by atomic mass is 16.5. The van der Waals surface area contributed by atoms with Crippen molar-refractivity contribution >= 4 is 17.5 Å². The summed E-state index contributed by atoms with van der Waals surface area (Å²) in [5.74, 6) is -0.0598. The zero-order chi connectivity index (χ0) is 20.5. The fraction of sp³-hybridized carbons (Fsp3) is 0.217. The number of amides is 2. The number of hydrogen-bond donors (Lipinski definition) is 1. The molecular formula is C23H24N2O4. The number of anilines is 1. The molecule has 0 fully saturated rings. The van der Waals surface area contributed by atoms with Gasteiger partial charge in [0.1, 0.15) is 0 Å². The average Bonchev–Trinajstić information content (AvgIpc) is 3.28. The van der Waals surface area contributed by atoms with Crippen LogP contribution in [0.1, 0.15) is 21.7 Å². The summed E-state index contributed by atoms with van der Waals surface area (Å²) in [4.78, 5) is 26.8. The second-order valence-electron chi connectivity index (χ2n) is 6.54. The van der Waals surface area contributed by atoms with Crippen LogP contribution < -0.4 is 10.2 Å². The predicted octanol–water partition coefficient (Wildman–Crippen LogP) is 3.43. The van der Waals surface area contributed by atoms with Gasteiger partial charge in [-0.2, -0.15) is 0 Å². The van der Waals surface area contributed by atoms with Gasteiger partial charge in [0.05, 0.1) is 25.8 Å². The van der Waals surface area contributed by atoms with Crippen molar-refractivity contribution in [3.63, 3.8) is 0 Å². The van der Waals surface area contributed by atoms with Crippen molar-refractivity contribution in [1.29, 1.82) is 0 Å². The number of carbonyl (C=O) groups excluding carboxylic acids is 2. The third kappa shape index (κ3) is 5.80. The quantitative estimate of drug-likeness (QED) is 0.567. The van der Waals surface area contributed by atoms with E-state index in [1.807, 2.05) is 54.6 Å². The SMILES string of the molecule is COCCNC(=O)Cc1cccc(N(Cc2ccccc2)C(=O)c2ccco2)c1. The molecule has 3 rings (SSSR count). The van der Waals surface area contributed by atoms with E-state index in [0.717, 1.165) is 11.1 Å². The van der Waals surface area contributed by atoms with Crippen molar-refractivity contribution in [1.82, 2.24) is 5.32 Å². The van der Waals surface area contributed by atoms with Gasteiger partial charge in [0.25, 0.3) is 5.91 Å². The van der Waals surface area contributed by atoms with Crippen LogP contribution in [0.25, 0.3) is 0 Å². The van der Waals surface area contributed by atoms with Crippen molar-refractivity contribution in [3.8, 4) is 0 Å². The minimum atomic E-state index is -0.236. The van der Waals surface area contributed by atoms with Crippen LogP contribution in [0.4, 0.5) is 5.69 Å². The molecule has 0 aliphatic rings. The molecule has 6 nitrogen and oxygen atoms in total. The molecule has 6 heteroatoms. The van der Waals surface area contributed by atoms with Crippen molar-refractivity contribution in [3.05, 3.63) is 89.9 Å². The minimum absolute atomic E-state index is 0.0915. The molecule has 150 valence electrons. The fourth-order valence-corrected chi connectivity index (χ4v) is 2.95. The van der Waals surface area contributed by atoms with Crippen LogP contribution in [0.3, 0.4) is 0 Å². The molecular weight excluding hydrogens is 368 g/mol. The van der Waals surface area contributed by atoms with Gasteiger partial charge in [-0.05, 0) is 35.4 Å². The lowest BCUT2D eigenvalue weighted by atomic mass is 10.1. The van der Waals surface area contributed by atoms with E-state index in [2.05, 4.69) is 5.32 Å². The topological polar surface area (TPSA) is 71.8 Å². The molecule has 1 aromatic heterocycles. The number of furan rings is 1. The summed E-state index contributed by atoms with van der Waals surface area (Å²) in [7, 11) is 1.59. The molecule has 0 aliphatic heterocycles. The lowest BCUT2D eigenvalue weighted by Gasteiger charge is -2.22. The smallest absolute Gasteiger partial charge is 0.294 e. The maximum absolute atomic E-state index is 13.1. The highest BCUT2D eigenvalue weighted by molar-refractivity contribution is 6.04. The van der Waals surface area contributed by atoms with Gasteiger partial charge in [0.2, 0.25) is 5.91 Å². The molecule has 0 atom stereocenters. The number of benzene rings is 2. The van der Waals surface area contributed by atoms with Crippen LogP contribution >= 0.6 is 0 Å². The Hall–Kier alpha value is -3.38. The van der Waals surface area contributed by atoms with Crippen molar-refractivity contribution < 1.29 is 18.7 Å². The largest absolute Gasteiger partial charge is 0.459 e. The van der Waals surface area contributed by atoms with Crippen molar-refractivity contribution in [2.75, 3.05) is 25.2 Å². The number of nitrogens with zero attached hydrogens (tertiary/aromatic N) is 1. The van der Waals surface area contributed by atoms with Crippen molar-refractivity contribution in [2.24, 2.45) is 0 Å². The first kappa shape index (κ1) is 20.4. The van der Waals surface area contributed by atoms with E-state index in [-0.39, 0.29) is 24.0 Å². The number of nitrogens with one attached hydrogen (secondary N) is 1. The maximum atomic E-state index is 13.1. The minimum Gasteiger partial charge on any atom is -0.459 e. The Balaban J connectivity index is 1.81. The Bertz CT molecular complexity index is 923. The normalized spacial score (nSPS) is 10.5. The van der Waals surface area contributed by atoms with E-state index in [1.54, 1.807) is 24.1 Å². The first-order chi connectivity index (χ1) is 14.2. The van der Waals surface area contributed by atoms with E-state index in [0.29, 0.717) is 25.4 Å². The predicted molar refractivity (Wildman–Crippen MR) is 111 cm³/mol. The van der Waals surface area contributed by atoms with Crippen molar-refractivity contribution in [2.45, 2.75) is 13.0 Å². The van der Waals surface area contributed by atoms with Gasteiger partial charge in [-0.1, -0.05) is 42.5 Å². The summed E-state index contributed by atoms with van der Waals surface area (Å²) in [6, 6.07) is 20.5. The van der Waals surface area contributed by atoms with Gasteiger partial charge in [-0.15, -0.1) is 0 Å². The Morgan fingerprint density at radius 2 is 1.79 bits per heavy atom. The summed E-state index contributed by atoms with van der Waals surface area (Å²) < 4.78 is 10.3. The molecule has 2 amide bonds. The number of methoxy groups -OCH3 is 1. The third-order valence-corrected chi connectivity index (χ3v) is 4.38. The summed E-state index contributed by atoms with van der Waals surface area (Å²) in [5.41, 5.74) is 2.52. The van der Waals surface area contributed by atoms with Crippen LogP contribution in [0.15, 0.2) is 77.4 Å². The Kier molecular flexibility index (Phi) is 7.19. The molecule has 0 saturated carbocycles. The Morgan fingerprint density at radius 1 is 1.00 bits per heavy atom. The molecule has 0 bridgehead atoms. The van der Waals surface area contributed by atoms with Gasteiger partial charge in [0.15, 0.2) is 5.76 Å². The van der Waals surface area contributed by atoms with Gasteiger partial charge < -0.3 is 19.4 Å². The van der Waals surface area contributed by atoms with Crippen LogP contribution in [-0.4, -0.2) is 32.1 Å². The van der Waals surface area contributed by atoms with E-state index in [9.17, 15) is 9.59 Å². The molecule has 3 aromatic rings. The summed E-state index contributed by atoms with van der Waals surface area (Å²) in [6.45, 7) is 1.32. The lowest BCUT2D eigenvalue weighted by molar-refractivity contribution is -0.120. The molecule has 1 N–H and O–H groups in total. The van der Waals surface area contributed by atoms with Crippen LogP contribution in [-0.2, 0) is 22.5 Å². The second-order valence-corrected chi connectivity index (χ2v) is 6.54. The molecule has 0 saturated heterocycles. The van der Waals surface area contributed by atoms with Crippen LogP contribution in [0.2, 0.25) is 0 Å². The van der Waals surface area contributed by atoms with E-state index < -0.39 is 0 Å². The Morgan fingerprint density at radius 3 is 2.52 bits per heavy atom. The fourth-order valence-electron chi connectivity index (χ4n) is 2.95. The molecule has 0 radical (unpaired) electrons. The summed E-state index contributed by atoms with van der Waals surface area (Å²) in [5, 5.41) is 2.81. The highest BCUT2D eigenvalue weighted by Crippen LogP contribution is 2.22. The first-order valence-corrected chi connectivity index (χ1v) is 9.41. The number of rotatable bonds is 9. The third-order valence-electron chi connectivity index (χ3n) is 4.38. The molecule has 0 spiro atoms.